The minimum atomic E-state index is -2.78. The fourth-order valence-corrected chi connectivity index (χ4v) is 3.60. The molecule has 0 aromatic heterocycles. The van der Waals surface area contributed by atoms with Gasteiger partial charge in [0, 0.05) is 24.2 Å². The average Bonchev–Trinajstić information content (AvgIpc) is 2.62. The number of halogens is 1. The fraction of sp³-hybridized carbons (Fsp3) is 0.375. The molecule has 1 unspecified atom stereocenters. The number of hydrogen-bond acceptors (Lipinski definition) is 7. The van der Waals surface area contributed by atoms with Crippen LogP contribution in [0.4, 0.5) is 0 Å². The molecule has 2 amide bonds. The number of carbonyl (C=O) groups is 3. The van der Waals surface area contributed by atoms with E-state index in [0.29, 0.717) is 0 Å². The monoisotopic (exact) mass is 447 g/mol. The summed E-state index contributed by atoms with van der Waals surface area (Å²) in [6, 6.07) is -0.185. The number of nitrogens with zero attached hydrogens (tertiary/aromatic N) is 2. The van der Waals surface area contributed by atoms with E-state index in [1.54, 1.807) is 6.92 Å². The topological polar surface area (TPSA) is 177 Å². The molecule has 0 aliphatic carbocycles. The molecule has 0 saturated carbocycles. The highest BCUT2D eigenvalue weighted by molar-refractivity contribution is 7.81. The highest BCUT2D eigenvalue weighted by Crippen LogP contribution is 2.34. The quantitative estimate of drug-likeness (QED) is 0.132. The molecule has 0 radical (unpaired) electrons. The van der Waals surface area contributed by atoms with Gasteiger partial charge in [-0.15, -0.1) is 0 Å². The second-order valence-electron chi connectivity index (χ2n) is 6.55. The Balaban J connectivity index is 2.28. The number of likely N-dealkylation sites (tertiary alicyclic amines) is 1. The molecule has 0 bridgehead atoms. The summed E-state index contributed by atoms with van der Waals surface area (Å²) in [5.41, 5.74) is 1.83. The smallest absolute Gasteiger partial charge is 0.328 e. The molecule has 158 valence electrons. The van der Waals surface area contributed by atoms with Crippen molar-refractivity contribution < 1.29 is 38.5 Å². The third kappa shape index (κ3) is 4.33. The number of carbonyl (C=O) groups excluding carboxylic acids is 2. The molecule has 13 heteroatoms. The van der Waals surface area contributed by atoms with Gasteiger partial charge in [0.25, 0.3) is 5.91 Å². The molecule has 1 saturated heterocycles. The number of phenolic OH excluding ortho intramolecular Hbond substituents is 2. The summed E-state index contributed by atoms with van der Waals surface area (Å²) in [6.07, 6.45) is 0.872. The lowest BCUT2D eigenvalue weighted by Crippen LogP contribution is -2.67. The summed E-state index contributed by atoms with van der Waals surface area (Å²) >= 11 is 2.89. The molecular formula is C16H18ClN3O8S. The predicted octanol–water partition coefficient (Wildman–Crippen LogP) is 0.521. The van der Waals surface area contributed by atoms with Crippen LogP contribution in [0, 0.1) is 0 Å². The summed E-state index contributed by atoms with van der Waals surface area (Å²) in [5, 5.41) is 31.7. The van der Waals surface area contributed by atoms with Gasteiger partial charge in [0.2, 0.25) is 5.91 Å². The van der Waals surface area contributed by atoms with Crippen molar-refractivity contribution in [1.82, 2.24) is 10.3 Å². The van der Waals surface area contributed by atoms with Crippen LogP contribution in [0.15, 0.2) is 17.2 Å². The minimum Gasteiger partial charge on any atom is -0.504 e. The van der Waals surface area contributed by atoms with Gasteiger partial charge < -0.3 is 24.8 Å². The average molecular weight is 448 g/mol. The van der Waals surface area contributed by atoms with Gasteiger partial charge in [-0.2, -0.15) is 5.10 Å². The Morgan fingerprint density at radius 3 is 2.52 bits per heavy atom. The van der Waals surface area contributed by atoms with E-state index < -0.39 is 57.2 Å². The first kappa shape index (κ1) is 22.6. The van der Waals surface area contributed by atoms with E-state index in [1.165, 1.54) is 0 Å². The Morgan fingerprint density at radius 1 is 1.45 bits per heavy atom. The summed E-state index contributed by atoms with van der Waals surface area (Å²) in [6.45, 7) is 2.71. The van der Waals surface area contributed by atoms with Crippen LogP contribution in [0.25, 0.3) is 0 Å². The zero-order valence-corrected chi connectivity index (χ0v) is 16.8. The Labute approximate surface area is 172 Å². The van der Waals surface area contributed by atoms with Gasteiger partial charge in [0.05, 0.1) is 5.02 Å². The van der Waals surface area contributed by atoms with Gasteiger partial charge >= 0.3 is 5.97 Å². The minimum absolute atomic E-state index is 0.108. The van der Waals surface area contributed by atoms with E-state index in [1.807, 2.05) is 5.43 Å². The molecule has 4 atom stereocenters. The Hall–Kier alpha value is -2.70. The second kappa shape index (κ2) is 8.35. The number of hydrazone groups is 1. The Morgan fingerprint density at radius 2 is 2.07 bits per heavy atom. The summed E-state index contributed by atoms with van der Waals surface area (Å²) < 4.78 is 19.6. The van der Waals surface area contributed by atoms with E-state index in [9.17, 15) is 38.5 Å². The summed E-state index contributed by atoms with van der Waals surface area (Å²) in [7, 11) is 0. The third-order valence-corrected chi connectivity index (χ3v) is 5.83. The highest BCUT2D eigenvalue weighted by atomic mass is 35.5. The number of carboxylic acids is 1. The number of nitrogens with one attached hydrogen (secondary N) is 1. The maximum absolute atomic E-state index is 12.1. The van der Waals surface area contributed by atoms with Crippen molar-refractivity contribution >= 4 is 46.7 Å². The van der Waals surface area contributed by atoms with Crippen LogP contribution < -0.4 is 5.43 Å². The Bertz CT molecular complexity index is 900. The van der Waals surface area contributed by atoms with E-state index >= 15 is 0 Å². The zero-order valence-electron chi connectivity index (χ0n) is 15.2. The molecule has 1 aliphatic rings. The van der Waals surface area contributed by atoms with Crippen molar-refractivity contribution in [2.24, 2.45) is 5.10 Å². The number of benzene rings is 1. The third-order valence-electron chi connectivity index (χ3n) is 4.46. The molecule has 1 fully saturated rings. The summed E-state index contributed by atoms with van der Waals surface area (Å²) in [4.78, 5) is 36.7. The first-order chi connectivity index (χ1) is 13.4. The van der Waals surface area contributed by atoms with Gasteiger partial charge in [0.15, 0.2) is 28.6 Å². The van der Waals surface area contributed by atoms with Crippen molar-refractivity contribution in [2.45, 2.75) is 37.1 Å². The van der Waals surface area contributed by atoms with Gasteiger partial charge in [-0.05, 0) is 26.0 Å². The number of carboxylic acid groups (broad SMARTS) is 1. The number of β-lactam (4-membered cyclic amide) rings is 1. The van der Waals surface area contributed by atoms with Crippen molar-refractivity contribution in [3.8, 4) is 11.5 Å². The lowest BCUT2D eigenvalue weighted by molar-refractivity contribution is -0.161. The van der Waals surface area contributed by atoms with Crippen LogP contribution in [0.2, 0.25) is 5.02 Å². The lowest BCUT2D eigenvalue weighted by atomic mass is 9.92. The van der Waals surface area contributed by atoms with Gasteiger partial charge in [-0.1, -0.05) is 11.6 Å². The molecule has 1 aliphatic heterocycles. The van der Waals surface area contributed by atoms with E-state index in [2.05, 4.69) is 5.10 Å². The number of amides is 2. The first-order valence-electron chi connectivity index (χ1n) is 8.11. The maximum atomic E-state index is 12.1. The molecule has 0 spiro atoms. The van der Waals surface area contributed by atoms with Crippen LogP contribution in [0.3, 0.4) is 0 Å². The SMILES string of the molecule is C[C@@H]1CC(=O)N1[C@@H](C(=O)O)[C@](C)(/C=N/NC(=O)c1cc(O)c(O)c(Cl)c1)S(=O)O. The van der Waals surface area contributed by atoms with Crippen LogP contribution >= 0.6 is 11.6 Å². The van der Waals surface area contributed by atoms with Gasteiger partial charge in [-0.3, -0.25) is 9.59 Å². The summed E-state index contributed by atoms with van der Waals surface area (Å²) in [5.74, 6) is -4.17. The fourth-order valence-electron chi connectivity index (χ4n) is 2.84. The molecule has 1 aromatic carbocycles. The van der Waals surface area contributed by atoms with Crippen LogP contribution in [0.5, 0.6) is 11.5 Å². The second-order valence-corrected chi connectivity index (χ2v) is 8.34. The number of hydrogen-bond donors (Lipinski definition) is 5. The number of aromatic hydroxyl groups is 2. The largest absolute Gasteiger partial charge is 0.504 e. The van der Waals surface area contributed by atoms with Crippen molar-refractivity contribution in [1.29, 1.82) is 0 Å². The first-order valence-corrected chi connectivity index (χ1v) is 9.59. The van der Waals surface area contributed by atoms with Gasteiger partial charge in [-0.25, -0.2) is 14.4 Å². The van der Waals surface area contributed by atoms with Crippen LogP contribution in [0.1, 0.15) is 30.6 Å². The molecule has 11 nitrogen and oxygen atoms in total. The van der Waals surface area contributed by atoms with Gasteiger partial charge in [0.1, 0.15) is 4.75 Å². The number of phenols is 2. The van der Waals surface area contributed by atoms with Crippen LogP contribution in [-0.4, -0.2) is 69.8 Å². The molecule has 2 rings (SSSR count). The molecular weight excluding hydrogens is 430 g/mol. The Kier molecular flexibility index (Phi) is 6.50. The predicted molar refractivity (Wildman–Crippen MR) is 102 cm³/mol. The zero-order chi connectivity index (χ0) is 22.1. The molecule has 1 heterocycles. The maximum Gasteiger partial charge on any atom is 0.328 e. The molecule has 1 aromatic rings. The van der Waals surface area contributed by atoms with Crippen molar-refractivity contribution in [2.75, 3.05) is 0 Å². The molecule has 5 N–H and O–H groups in total. The van der Waals surface area contributed by atoms with Crippen molar-refractivity contribution in [3.63, 3.8) is 0 Å². The highest BCUT2D eigenvalue weighted by Gasteiger charge is 2.53. The normalized spacial score (nSPS) is 20.6. The van der Waals surface area contributed by atoms with Crippen molar-refractivity contribution in [3.05, 3.63) is 22.7 Å². The lowest BCUT2D eigenvalue weighted by Gasteiger charge is -2.46. The number of rotatable bonds is 7. The van der Waals surface area contributed by atoms with E-state index in [-0.39, 0.29) is 17.0 Å². The molecule has 29 heavy (non-hydrogen) atoms. The van der Waals surface area contributed by atoms with Crippen LogP contribution in [-0.2, 0) is 20.7 Å². The standard InChI is InChI=1S/C16H18ClN3O8S/c1-7-3-11(22)20(7)13(15(25)26)16(2,29(27)28)6-18-19-14(24)8-4-9(17)12(23)10(21)5-8/h4-7,13,21,23H,3H2,1-2H3,(H,19,24)(H,25,26)(H,27,28)/b18-6+/t7-,13+,16+/m1/s1. The number of aliphatic carboxylic acids is 1. The van der Waals surface area contributed by atoms with E-state index in [4.69, 9.17) is 11.6 Å². The van der Waals surface area contributed by atoms with E-state index in [0.717, 1.165) is 30.2 Å².